The van der Waals surface area contributed by atoms with E-state index in [0.717, 1.165) is 44.2 Å². The number of aryl methyl sites for hydroxylation is 1. The molecule has 212 valence electrons. The topological polar surface area (TPSA) is 92.5 Å². The first-order chi connectivity index (χ1) is 19.6. The van der Waals surface area contributed by atoms with Crippen LogP contribution in [-0.2, 0) is 27.8 Å². The van der Waals surface area contributed by atoms with E-state index in [9.17, 15) is 18.3 Å². The maximum absolute atomic E-state index is 13.4. The van der Waals surface area contributed by atoms with Gasteiger partial charge in [-0.15, -0.1) is 11.3 Å². The number of hydrogen-bond donors (Lipinski definition) is 1. The molecule has 0 amide bonds. The molecular formula is C32H33N3O4S2. The van der Waals surface area contributed by atoms with Crippen LogP contribution in [-0.4, -0.2) is 35.0 Å². The van der Waals surface area contributed by atoms with Gasteiger partial charge in [-0.25, -0.2) is 17.4 Å². The molecule has 0 saturated carbocycles. The van der Waals surface area contributed by atoms with Crippen molar-refractivity contribution in [2.45, 2.75) is 45.1 Å². The fourth-order valence-electron chi connectivity index (χ4n) is 4.78. The summed E-state index contributed by atoms with van der Waals surface area (Å²) in [6, 6.07) is 24.4. The second kappa shape index (κ2) is 11.9. The minimum atomic E-state index is -3.74. The maximum Gasteiger partial charge on any atom is 0.305 e. The monoisotopic (exact) mass is 587 g/mol. The fraction of sp³-hybridized carbons (Fsp3) is 0.250. The Hall–Kier alpha value is -3.95. The van der Waals surface area contributed by atoms with Gasteiger partial charge in [-0.05, 0) is 55.2 Å². The highest BCUT2D eigenvalue weighted by Gasteiger charge is 2.22. The minimum absolute atomic E-state index is 0.0101. The maximum atomic E-state index is 13.4. The summed E-state index contributed by atoms with van der Waals surface area (Å²) in [5.41, 5.74) is 4.43. The van der Waals surface area contributed by atoms with Crippen molar-refractivity contribution in [3.63, 3.8) is 0 Å². The molecule has 5 aromatic rings. The normalized spacial score (nSPS) is 11.8. The zero-order valence-electron chi connectivity index (χ0n) is 23.3. The van der Waals surface area contributed by atoms with Crippen molar-refractivity contribution in [3.8, 4) is 11.3 Å². The Balaban J connectivity index is 1.53. The van der Waals surface area contributed by atoms with Crippen molar-refractivity contribution < 1.29 is 18.3 Å². The molecule has 0 aliphatic carbocycles. The van der Waals surface area contributed by atoms with Gasteiger partial charge in [0.15, 0.2) is 5.13 Å². The van der Waals surface area contributed by atoms with Crippen LogP contribution in [0, 0.1) is 12.8 Å². The van der Waals surface area contributed by atoms with Crippen molar-refractivity contribution in [1.82, 2.24) is 8.96 Å². The first-order valence-electron chi connectivity index (χ1n) is 13.6. The van der Waals surface area contributed by atoms with Gasteiger partial charge < -0.3 is 10.0 Å². The SMILES string of the molecule is Cc1ccc(S(=O)(=O)n2ccc3cc(-c4nc(N(CCC(=O)O)Cc5ccccc5)sc4CC(C)C)ccc32)cc1. The summed E-state index contributed by atoms with van der Waals surface area (Å²) in [6.45, 7) is 7.15. The number of nitrogens with zero attached hydrogens (tertiary/aromatic N) is 3. The third kappa shape index (κ3) is 6.36. The highest BCUT2D eigenvalue weighted by Crippen LogP contribution is 2.37. The Morgan fingerprint density at radius 3 is 2.44 bits per heavy atom. The highest BCUT2D eigenvalue weighted by atomic mass is 32.2. The van der Waals surface area contributed by atoms with Crippen molar-refractivity contribution in [1.29, 1.82) is 0 Å². The number of hydrogen-bond acceptors (Lipinski definition) is 6. The number of benzene rings is 3. The van der Waals surface area contributed by atoms with Crippen molar-refractivity contribution in [3.05, 3.63) is 101 Å². The summed E-state index contributed by atoms with van der Waals surface area (Å²) in [6.07, 6.45) is 2.43. The summed E-state index contributed by atoms with van der Waals surface area (Å²) >= 11 is 1.60. The van der Waals surface area contributed by atoms with Gasteiger partial charge in [0.05, 0.1) is 22.5 Å². The zero-order chi connectivity index (χ0) is 29.1. The van der Waals surface area contributed by atoms with Gasteiger partial charge in [-0.2, -0.15) is 0 Å². The first-order valence-corrected chi connectivity index (χ1v) is 15.8. The van der Waals surface area contributed by atoms with Gasteiger partial charge in [0.25, 0.3) is 10.0 Å². The van der Waals surface area contributed by atoms with Crippen LogP contribution in [0.5, 0.6) is 0 Å². The van der Waals surface area contributed by atoms with Crippen LogP contribution in [0.1, 0.15) is 36.3 Å². The molecule has 0 spiro atoms. The van der Waals surface area contributed by atoms with E-state index < -0.39 is 16.0 Å². The Labute approximate surface area is 244 Å². The molecule has 7 nitrogen and oxygen atoms in total. The van der Waals surface area contributed by atoms with E-state index in [4.69, 9.17) is 4.98 Å². The lowest BCUT2D eigenvalue weighted by Crippen LogP contribution is -2.25. The number of rotatable bonds is 11. The standard InChI is InChI=1S/C32H33N3O4S2/c1-22(2)19-29-31(33-32(40-29)34(17-16-30(36)37)21-24-7-5-4-6-8-24)26-11-14-28-25(20-26)15-18-35(28)41(38,39)27-12-9-23(3)10-13-27/h4-15,18,20,22H,16-17,19,21H2,1-3H3,(H,36,37). The molecule has 2 heterocycles. The third-order valence-electron chi connectivity index (χ3n) is 6.87. The molecule has 9 heteroatoms. The summed E-state index contributed by atoms with van der Waals surface area (Å²) in [7, 11) is -3.74. The molecule has 0 bridgehead atoms. The summed E-state index contributed by atoms with van der Waals surface area (Å²) in [5, 5.41) is 11.0. The fourth-order valence-corrected chi connectivity index (χ4v) is 7.46. The molecule has 0 fully saturated rings. The quantitative estimate of drug-likeness (QED) is 0.179. The van der Waals surface area contributed by atoms with Crippen LogP contribution < -0.4 is 4.90 Å². The van der Waals surface area contributed by atoms with Crippen LogP contribution in [0.15, 0.2) is 90.0 Å². The lowest BCUT2D eigenvalue weighted by atomic mass is 10.0. The first kappa shape index (κ1) is 28.6. The number of carbonyl (C=O) groups is 1. The van der Waals surface area contributed by atoms with Gasteiger partial charge in [-0.1, -0.05) is 67.9 Å². The molecule has 0 unspecified atom stereocenters. The third-order valence-corrected chi connectivity index (χ3v) is 9.71. The minimum Gasteiger partial charge on any atom is -0.481 e. The van der Waals surface area contributed by atoms with E-state index in [1.807, 2.05) is 66.4 Å². The van der Waals surface area contributed by atoms with Gasteiger partial charge in [-0.3, -0.25) is 4.79 Å². The van der Waals surface area contributed by atoms with E-state index in [2.05, 4.69) is 13.8 Å². The molecule has 0 radical (unpaired) electrons. The number of anilines is 1. The summed E-state index contributed by atoms with van der Waals surface area (Å²) < 4.78 is 28.1. The molecule has 0 saturated heterocycles. The van der Waals surface area contributed by atoms with Crippen molar-refractivity contribution in [2.75, 3.05) is 11.4 Å². The molecule has 41 heavy (non-hydrogen) atoms. The smallest absolute Gasteiger partial charge is 0.305 e. The van der Waals surface area contributed by atoms with E-state index in [1.54, 1.807) is 41.8 Å². The van der Waals surface area contributed by atoms with E-state index >= 15 is 0 Å². The zero-order valence-corrected chi connectivity index (χ0v) is 25.0. The van der Waals surface area contributed by atoms with E-state index in [0.29, 0.717) is 24.5 Å². The molecule has 2 aromatic heterocycles. The van der Waals surface area contributed by atoms with E-state index in [-0.39, 0.29) is 11.3 Å². The van der Waals surface area contributed by atoms with Crippen LogP contribution in [0.25, 0.3) is 22.2 Å². The Morgan fingerprint density at radius 2 is 1.76 bits per heavy atom. The van der Waals surface area contributed by atoms with Crippen LogP contribution in [0.4, 0.5) is 5.13 Å². The molecule has 0 atom stereocenters. The molecular weight excluding hydrogens is 555 g/mol. The number of carboxylic acids is 1. The summed E-state index contributed by atoms with van der Waals surface area (Å²) in [5.74, 6) is -0.453. The lowest BCUT2D eigenvalue weighted by Gasteiger charge is -2.21. The Kier molecular flexibility index (Phi) is 8.28. The number of aliphatic carboxylic acids is 1. The van der Waals surface area contributed by atoms with Crippen molar-refractivity contribution >= 4 is 43.4 Å². The molecule has 1 N–H and O–H groups in total. The average molecular weight is 588 g/mol. The predicted octanol–water partition coefficient (Wildman–Crippen LogP) is 6.99. The van der Waals surface area contributed by atoms with Crippen LogP contribution >= 0.6 is 11.3 Å². The second-order valence-corrected chi connectivity index (χ2v) is 13.5. The molecule has 5 rings (SSSR count). The lowest BCUT2D eigenvalue weighted by molar-refractivity contribution is -0.136. The number of thiazole rings is 1. The largest absolute Gasteiger partial charge is 0.481 e. The van der Waals surface area contributed by atoms with Gasteiger partial charge >= 0.3 is 5.97 Å². The van der Waals surface area contributed by atoms with Gasteiger partial charge in [0.1, 0.15) is 0 Å². The average Bonchev–Trinajstić information content (AvgIpc) is 3.56. The van der Waals surface area contributed by atoms with Crippen molar-refractivity contribution in [2.24, 2.45) is 5.92 Å². The molecule has 0 aliphatic rings. The summed E-state index contributed by atoms with van der Waals surface area (Å²) in [4.78, 5) is 19.9. The Morgan fingerprint density at radius 1 is 1.02 bits per heavy atom. The predicted molar refractivity (Wildman–Crippen MR) is 165 cm³/mol. The molecule has 0 aliphatic heterocycles. The molecule has 3 aromatic carbocycles. The van der Waals surface area contributed by atoms with Crippen LogP contribution in [0.2, 0.25) is 0 Å². The number of carboxylic acid groups (broad SMARTS) is 1. The Bertz CT molecular complexity index is 1770. The van der Waals surface area contributed by atoms with Gasteiger partial charge in [0.2, 0.25) is 0 Å². The van der Waals surface area contributed by atoms with Crippen LogP contribution in [0.3, 0.4) is 0 Å². The number of aromatic nitrogens is 2. The second-order valence-electron chi connectivity index (χ2n) is 10.6. The van der Waals surface area contributed by atoms with E-state index in [1.165, 1.54) is 3.97 Å². The highest BCUT2D eigenvalue weighted by molar-refractivity contribution is 7.90. The number of fused-ring (bicyclic) bond motifs is 1. The van der Waals surface area contributed by atoms with Gasteiger partial charge in [0, 0.05) is 35.1 Å².